The van der Waals surface area contributed by atoms with Gasteiger partial charge in [0.25, 0.3) is 5.89 Å². The van der Waals surface area contributed by atoms with Gasteiger partial charge in [-0.25, -0.2) is 0 Å². The molecule has 0 N–H and O–H groups in total. The fourth-order valence-electron chi connectivity index (χ4n) is 7.21. The number of benzene rings is 1. The molecule has 1 aromatic carbocycles. The van der Waals surface area contributed by atoms with Crippen molar-refractivity contribution in [1.82, 2.24) is 10.1 Å². The van der Waals surface area contributed by atoms with E-state index in [4.69, 9.17) is 18.7 Å². The number of fused-ring (bicyclic) bond motifs is 3. The highest BCUT2D eigenvalue weighted by Gasteiger charge is 2.68. The number of esters is 3. The number of ketones is 1. The van der Waals surface area contributed by atoms with Gasteiger partial charge in [0.05, 0.1) is 18.9 Å². The Labute approximate surface area is 220 Å². The highest BCUT2D eigenvalue weighted by Crippen LogP contribution is 2.65. The Balaban J connectivity index is 1.49. The lowest BCUT2D eigenvalue weighted by molar-refractivity contribution is -0.211. The van der Waals surface area contributed by atoms with Crippen LogP contribution in [0.5, 0.6) is 0 Å². The van der Waals surface area contributed by atoms with Crippen LogP contribution in [-0.4, -0.2) is 47.0 Å². The average Bonchev–Trinajstić information content (AvgIpc) is 3.33. The molecule has 7 atom stereocenters. The number of nitrogens with zero attached hydrogens (tertiary/aromatic N) is 2. The van der Waals surface area contributed by atoms with Gasteiger partial charge in [0.1, 0.15) is 0 Å². The van der Waals surface area contributed by atoms with Gasteiger partial charge in [0, 0.05) is 32.1 Å². The van der Waals surface area contributed by atoms with Crippen molar-refractivity contribution in [1.29, 1.82) is 0 Å². The lowest BCUT2D eigenvalue weighted by Crippen LogP contribution is -2.64. The molecule has 2 aromatic rings. The Bertz CT molecular complexity index is 1260. The molecule has 2 saturated carbocycles. The zero-order chi connectivity index (χ0) is 27.2. The first kappa shape index (κ1) is 26.1. The molecule has 1 aliphatic heterocycles. The van der Waals surface area contributed by atoms with Crippen molar-refractivity contribution in [3.05, 3.63) is 47.6 Å². The Morgan fingerprint density at radius 2 is 1.87 bits per heavy atom. The number of carbonyl (C=O) groups excluding carboxylic acids is 4. The van der Waals surface area contributed by atoms with Gasteiger partial charge in [-0.15, -0.1) is 0 Å². The summed E-state index contributed by atoms with van der Waals surface area (Å²) in [7, 11) is 1.31. The van der Waals surface area contributed by atoms with Crippen LogP contribution < -0.4 is 0 Å². The van der Waals surface area contributed by atoms with Gasteiger partial charge in [-0.3, -0.25) is 19.2 Å². The quantitative estimate of drug-likeness (QED) is 0.423. The topological polar surface area (TPSA) is 135 Å². The summed E-state index contributed by atoms with van der Waals surface area (Å²) < 4.78 is 21.8. The molecule has 0 bridgehead atoms. The fourth-order valence-corrected chi connectivity index (χ4v) is 7.21. The van der Waals surface area contributed by atoms with Crippen LogP contribution in [-0.2, 0) is 39.8 Å². The summed E-state index contributed by atoms with van der Waals surface area (Å²) in [6.45, 7) is 5.02. The van der Waals surface area contributed by atoms with Crippen molar-refractivity contribution in [3.63, 3.8) is 0 Å². The van der Waals surface area contributed by atoms with Gasteiger partial charge in [-0.1, -0.05) is 49.3 Å². The van der Waals surface area contributed by atoms with E-state index in [1.54, 1.807) is 0 Å². The van der Waals surface area contributed by atoms with E-state index in [0.717, 1.165) is 5.56 Å². The van der Waals surface area contributed by atoms with Crippen LogP contribution in [0.2, 0.25) is 0 Å². The maximum Gasteiger partial charge on any atom is 0.310 e. The maximum absolute atomic E-state index is 13.9. The van der Waals surface area contributed by atoms with E-state index in [1.165, 1.54) is 14.0 Å². The van der Waals surface area contributed by atoms with Crippen molar-refractivity contribution < 1.29 is 37.9 Å². The van der Waals surface area contributed by atoms with E-state index in [2.05, 4.69) is 10.1 Å². The van der Waals surface area contributed by atoms with Crippen LogP contribution in [0.3, 0.4) is 0 Å². The minimum Gasteiger partial charge on any atom is -0.469 e. The van der Waals surface area contributed by atoms with Crippen LogP contribution in [0.1, 0.15) is 69.8 Å². The normalized spacial score (nSPS) is 34.5. The van der Waals surface area contributed by atoms with Gasteiger partial charge in [-0.2, -0.15) is 4.98 Å². The van der Waals surface area contributed by atoms with E-state index >= 15 is 0 Å². The summed E-state index contributed by atoms with van der Waals surface area (Å²) in [6.07, 6.45) is -0.268. The highest BCUT2D eigenvalue weighted by atomic mass is 16.6. The molecule has 10 nitrogen and oxygen atoms in total. The predicted octanol–water partition coefficient (Wildman–Crippen LogP) is 3.38. The number of cyclic esters (lactones) is 1. The summed E-state index contributed by atoms with van der Waals surface area (Å²) in [4.78, 5) is 56.5. The molecule has 2 aliphatic carbocycles. The van der Waals surface area contributed by atoms with Gasteiger partial charge >= 0.3 is 17.9 Å². The highest BCUT2D eigenvalue weighted by molar-refractivity contribution is 5.93. The number of rotatable bonds is 5. The van der Waals surface area contributed by atoms with E-state index in [-0.39, 0.29) is 24.5 Å². The SMILES string of the molecule is COC(=O)[C@@H]1C[C@H](OC(C)=O)C(=O)[C@@H]2[C@@]3(C)C[C@@H](c4nc(Cc5ccccc5)no4)OC(=O)[C@H]3CC[C@]21C. The fraction of sp³-hybridized carbons (Fsp3) is 0.571. The largest absolute Gasteiger partial charge is 0.469 e. The van der Waals surface area contributed by atoms with Gasteiger partial charge in [0.2, 0.25) is 0 Å². The number of ether oxygens (including phenoxy) is 3. The number of aromatic nitrogens is 2. The molecule has 3 aliphatic rings. The van der Waals surface area contributed by atoms with E-state index in [0.29, 0.717) is 25.1 Å². The van der Waals surface area contributed by atoms with Crippen molar-refractivity contribution in [3.8, 4) is 0 Å². The first-order valence-electron chi connectivity index (χ1n) is 12.9. The number of carbonyl (C=O) groups is 4. The number of Topliss-reactive ketones (excluding diaryl/α,β-unsaturated/α-hetero) is 1. The monoisotopic (exact) mass is 524 g/mol. The molecular weight excluding hydrogens is 492 g/mol. The van der Waals surface area contributed by atoms with Crippen LogP contribution in [0, 0.1) is 28.6 Å². The number of hydrogen-bond donors (Lipinski definition) is 0. The van der Waals surface area contributed by atoms with Crippen LogP contribution in [0.25, 0.3) is 0 Å². The molecule has 5 rings (SSSR count). The van der Waals surface area contributed by atoms with E-state index in [1.807, 2.05) is 44.2 Å². The zero-order valence-corrected chi connectivity index (χ0v) is 22.0. The standard InChI is InChI=1S/C28H32N2O8/c1-15(31)36-19-13-18(25(33)35-4)27(2)11-10-17-26(34)37-20(14-28(17,3)23(27)22(19)32)24-29-21(30-38-24)12-16-8-6-5-7-9-16/h5-9,17-20,23H,10-14H2,1-4H3/t17-,18+,19+,20+,23+,27+,28+/m1/s1. The molecule has 0 unspecified atom stereocenters. The number of methoxy groups -OCH3 is 1. The first-order chi connectivity index (χ1) is 18.1. The number of hydrogen-bond acceptors (Lipinski definition) is 10. The lowest BCUT2D eigenvalue weighted by Gasteiger charge is -2.60. The van der Waals surface area contributed by atoms with Crippen molar-refractivity contribution in [2.24, 2.45) is 28.6 Å². The molecule has 38 heavy (non-hydrogen) atoms. The van der Waals surface area contributed by atoms with Crippen LogP contribution in [0.15, 0.2) is 34.9 Å². The molecule has 0 radical (unpaired) electrons. The van der Waals surface area contributed by atoms with Gasteiger partial charge in [0.15, 0.2) is 23.8 Å². The summed E-state index contributed by atoms with van der Waals surface area (Å²) in [5, 5.41) is 4.08. The Kier molecular flexibility index (Phi) is 6.61. The lowest BCUT2D eigenvalue weighted by atomic mass is 9.43. The molecule has 202 valence electrons. The maximum atomic E-state index is 13.9. The molecule has 2 heterocycles. The van der Waals surface area contributed by atoms with Crippen LogP contribution in [0.4, 0.5) is 0 Å². The smallest absolute Gasteiger partial charge is 0.310 e. The Hall–Kier alpha value is -3.56. The van der Waals surface area contributed by atoms with Gasteiger partial charge < -0.3 is 18.7 Å². The first-order valence-corrected chi connectivity index (χ1v) is 12.9. The summed E-state index contributed by atoms with van der Waals surface area (Å²) in [5.41, 5.74) is -0.682. The third kappa shape index (κ3) is 4.29. The second-order valence-corrected chi connectivity index (χ2v) is 11.2. The van der Waals surface area contributed by atoms with Gasteiger partial charge in [-0.05, 0) is 29.2 Å². The molecule has 10 heteroatoms. The van der Waals surface area contributed by atoms with E-state index < -0.39 is 58.7 Å². The molecule has 1 saturated heterocycles. The van der Waals surface area contributed by atoms with Crippen molar-refractivity contribution in [2.45, 2.75) is 65.1 Å². The second kappa shape index (κ2) is 9.63. The Morgan fingerprint density at radius 1 is 1.13 bits per heavy atom. The zero-order valence-electron chi connectivity index (χ0n) is 22.0. The average molecular weight is 525 g/mol. The Morgan fingerprint density at radius 3 is 2.55 bits per heavy atom. The van der Waals surface area contributed by atoms with Crippen molar-refractivity contribution in [2.75, 3.05) is 7.11 Å². The third-order valence-corrected chi connectivity index (χ3v) is 8.86. The third-order valence-electron chi connectivity index (χ3n) is 8.86. The second-order valence-electron chi connectivity index (χ2n) is 11.2. The molecule has 1 aromatic heterocycles. The summed E-state index contributed by atoms with van der Waals surface area (Å²) in [6, 6.07) is 9.68. The molecule has 0 amide bonds. The minimum absolute atomic E-state index is 0.0548. The minimum atomic E-state index is -1.09. The summed E-state index contributed by atoms with van der Waals surface area (Å²) in [5.74, 6) is -3.15. The molecule has 3 fully saturated rings. The predicted molar refractivity (Wildman–Crippen MR) is 130 cm³/mol. The van der Waals surface area contributed by atoms with E-state index in [9.17, 15) is 19.2 Å². The molecular formula is C28H32N2O8. The van der Waals surface area contributed by atoms with Crippen LogP contribution >= 0.6 is 0 Å². The van der Waals surface area contributed by atoms with Crippen molar-refractivity contribution >= 4 is 23.7 Å². The molecule has 0 spiro atoms. The summed E-state index contributed by atoms with van der Waals surface area (Å²) >= 11 is 0.